The van der Waals surface area contributed by atoms with Crippen molar-refractivity contribution in [2.24, 2.45) is 0 Å². The molecule has 3 heteroatoms. The SMILES string of the molecule is CC(Cl)CN(C)CCCC1CCCO1. The highest BCUT2D eigenvalue weighted by atomic mass is 35.5. The Labute approximate surface area is 92.6 Å². The molecule has 0 spiro atoms. The third kappa shape index (κ3) is 5.18. The molecule has 0 aromatic heterocycles. The van der Waals surface area contributed by atoms with Crippen LogP contribution in [0.1, 0.15) is 32.6 Å². The van der Waals surface area contributed by atoms with Gasteiger partial charge in [0.2, 0.25) is 0 Å². The van der Waals surface area contributed by atoms with E-state index in [4.69, 9.17) is 16.3 Å². The van der Waals surface area contributed by atoms with Crippen molar-refractivity contribution >= 4 is 11.6 Å². The summed E-state index contributed by atoms with van der Waals surface area (Å²) in [6.45, 7) is 5.13. The van der Waals surface area contributed by atoms with E-state index in [0.29, 0.717) is 6.10 Å². The van der Waals surface area contributed by atoms with Crippen molar-refractivity contribution < 1.29 is 4.74 Å². The molecule has 1 aliphatic rings. The largest absolute Gasteiger partial charge is 0.378 e. The molecular formula is C11H22ClNO. The quantitative estimate of drug-likeness (QED) is 0.637. The molecule has 0 N–H and O–H groups in total. The Bertz CT molecular complexity index is 146. The molecule has 0 aliphatic carbocycles. The van der Waals surface area contributed by atoms with E-state index in [0.717, 1.165) is 19.7 Å². The summed E-state index contributed by atoms with van der Waals surface area (Å²) in [7, 11) is 2.13. The lowest BCUT2D eigenvalue weighted by Crippen LogP contribution is -2.26. The van der Waals surface area contributed by atoms with Crippen molar-refractivity contribution in [1.82, 2.24) is 4.90 Å². The van der Waals surface area contributed by atoms with Gasteiger partial charge in [0.25, 0.3) is 0 Å². The first-order chi connectivity index (χ1) is 6.68. The Morgan fingerprint density at radius 2 is 2.36 bits per heavy atom. The summed E-state index contributed by atoms with van der Waals surface area (Å²) < 4.78 is 5.57. The lowest BCUT2D eigenvalue weighted by Gasteiger charge is -2.18. The zero-order valence-corrected chi connectivity index (χ0v) is 10.1. The topological polar surface area (TPSA) is 12.5 Å². The van der Waals surface area contributed by atoms with E-state index in [9.17, 15) is 0 Å². The molecule has 2 unspecified atom stereocenters. The number of ether oxygens (including phenoxy) is 1. The molecule has 0 radical (unpaired) electrons. The van der Waals surface area contributed by atoms with Crippen molar-refractivity contribution in [3.63, 3.8) is 0 Å². The molecule has 0 amide bonds. The van der Waals surface area contributed by atoms with E-state index in [2.05, 4.69) is 11.9 Å². The molecule has 0 aromatic rings. The van der Waals surface area contributed by atoms with Gasteiger partial charge in [-0.05, 0) is 46.2 Å². The van der Waals surface area contributed by atoms with Crippen LogP contribution in [0.25, 0.3) is 0 Å². The number of rotatable bonds is 6. The predicted molar refractivity (Wildman–Crippen MR) is 61.0 cm³/mol. The minimum Gasteiger partial charge on any atom is -0.378 e. The van der Waals surface area contributed by atoms with Crippen molar-refractivity contribution in [2.45, 2.75) is 44.1 Å². The van der Waals surface area contributed by atoms with Crippen LogP contribution < -0.4 is 0 Å². The van der Waals surface area contributed by atoms with Gasteiger partial charge in [0.1, 0.15) is 0 Å². The van der Waals surface area contributed by atoms with Gasteiger partial charge in [-0.25, -0.2) is 0 Å². The summed E-state index contributed by atoms with van der Waals surface area (Å²) in [5, 5.41) is 0.253. The maximum absolute atomic E-state index is 5.91. The Balaban J connectivity index is 1.96. The molecule has 0 saturated carbocycles. The minimum absolute atomic E-state index is 0.253. The first kappa shape index (κ1) is 12.3. The second-order valence-corrected chi connectivity index (χ2v) is 5.07. The van der Waals surface area contributed by atoms with Crippen molar-refractivity contribution in [3.05, 3.63) is 0 Å². The number of hydrogen-bond donors (Lipinski definition) is 0. The van der Waals surface area contributed by atoms with Gasteiger partial charge in [0.15, 0.2) is 0 Å². The first-order valence-corrected chi connectivity index (χ1v) is 6.06. The summed E-state index contributed by atoms with van der Waals surface area (Å²) in [4.78, 5) is 2.30. The fraction of sp³-hybridized carbons (Fsp3) is 1.00. The predicted octanol–water partition coefficient (Wildman–Crippen LogP) is 2.50. The van der Waals surface area contributed by atoms with Crippen LogP contribution in [0.2, 0.25) is 0 Å². The third-order valence-corrected chi connectivity index (χ3v) is 2.79. The summed E-state index contributed by atoms with van der Waals surface area (Å²) in [5.74, 6) is 0. The molecular weight excluding hydrogens is 198 g/mol. The molecule has 1 fully saturated rings. The zero-order chi connectivity index (χ0) is 10.4. The van der Waals surface area contributed by atoms with Crippen LogP contribution in [0.5, 0.6) is 0 Å². The smallest absolute Gasteiger partial charge is 0.0576 e. The third-order valence-electron chi connectivity index (χ3n) is 2.65. The lowest BCUT2D eigenvalue weighted by atomic mass is 10.1. The standard InChI is InChI=1S/C11H22ClNO/c1-10(12)9-13(2)7-3-5-11-6-4-8-14-11/h10-11H,3-9H2,1-2H3. The number of nitrogens with zero attached hydrogens (tertiary/aromatic N) is 1. The van der Waals surface area contributed by atoms with Crippen LogP contribution in [-0.4, -0.2) is 43.1 Å². The van der Waals surface area contributed by atoms with Gasteiger partial charge in [-0.1, -0.05) is 0 Å². The van der Waals surface area contributed by atoms with Gasteiger partial charge in [-0.2, -0.15) is 0 Å². The molecule has 2 atom stereocenters. The summed E-state index contributed by atoms with van der Waals surface area (Å²) in [5.41, 5.74) is 0. The average Bonchev–Trinajstić information content (AvgIpc) is 2.55. The van der Waals surface area contributed by atoms with Gasteiger partial charge in [-0.15, -0.1) is 11.6 Å². The lowest BCUT2D eigenvalue weighted by molar-refractivity contribution is 0.0998. The maximum Gasteiger partial charge on any atom is 0.0576 e. The van der Waals surface area contributed by atoms with Gasteiger partial charge in [-0.3, -0.25) is 0 Å². The zero-order valence-electron chi connectivity index (χ0n) is 9.34. The molecule has 14 heavy (non-hydrogen) atoms. The number of hydrogen-bond acceptors (Lipinski definition) is 2. The monoisotopic (exact) mass is 219 g/mol. The van der Waals surface area contributed by atoms with Gasteiger partial charge < -0.3 is 9.64 Å². The van der Waals surface area contributed by atoms with E-state index < -0.39 is 0 Å². The van der Waals surface area contributed by atoms with Crippen LogP contribution in [-0.2, 0) is 4.74 Å². The highest BCUT2D eigenvalue weighted by Crippen LogP contribution is 2.16. The molecule has 1 saturated heterocycles. The van der Waals surface area contributed by atoms with Gasteiger partial charge >= 0.3 is 0 Å². The van der Waals surface area contributed by atoms with E-state index >= 15 is 0 Å². The van der Waals surface area contributed by atoms with Crippen molar-refractivity contribution in [1.29, 1.82) is 0 Å². The molecule has 1 rings (SSSR count). The van der Waals surface area contributed by atoms with Crippen LogP contribution in [0.4, 0.5) is 0 Å². The van der Waals surface area contributed by atoms with Crippen molar-refractivity contribution in [3.8, 4) is 0 Å². The van der Waals surface area contributed by atoms with Crippen LogP contribution in [0.3, 0.4) is 0 Å². The Morgan fingerprint density at radius 1 is 1.57 bits per heavy atom. The fourth-order valence-electron chi connectivity index (χ4n) is 1.98. The van der Waals surface area contributed by atoms with Gasteiger partial charge in [0.05, 0.1) is 6.10 Å². The van der Waals surface area contributed by atoms with E-state index in [1.54, 1.807) is 0 Å². The Hall–Kier alpha value is 0.210. The van der Waals surface area contributed by atoms with Crippen molar-refractivity contribution in [2.75, 3.05) is 26.7 Å². The van der Waals surface area contributed by atoms with Crippen LogP contribution in [0.15, 0.2) is 0 Å². The number of alkyl halides is 1. The maximum atomic E-state index is 5.91. The van der Waals surface area contributed by atoms with Crippen LogP contribution >= 0.6 is 11.6 Å². The highest BCUT2D eigenvalue weighted by molar-refractivity contribution is 6.20. The molecule has 0 bridgehead atoms. The van der Waals surface area contributed by atoms with E-state index in [1.165, 1.54) is 25.7 Å². The average molecular weight is 220 g/mol. The molecule has 1 aliphatic heterocycles. The van der Waals surface area contributed by atoms with Gasteiger partial charge in [0, 0.05) is 18.5 Å². The first-order valence-electron chi connectivity index (χ1n) is 5.62. The summed E-state index contributed by atoms with van der Waals surface area (Å²) >= 11 is 5.91. The summed E-state index contributed by atoms with van der Waals surface area (Å²) in [6.07, 6.45) is 5.48. The molecule has 0 aromatic carbocycles. The van der Waals surface area contributed by atoms with E-state index in [-0.39, 0.29) is 5.38 Å². The highest BCUT2D eigenvalue weighted by Gasteiger charge is 2.14. The second-order valence-electron chi connectivity index (χ2n) is 4.32. The van der Waals surface area contributed by atoms with E-state index in [1.807, 2.05) is 6.92 Å². The second kappa shape index (κ2) is 6.65. The number of halogens is 1. The summed E-state index contributed by atoms with van der Waals surface area (Å²) in [6, 6.07) is 0. The Morgan fingerprint density at radius 3 is 2.93 bits per heavy atom. The molecule has 2 nitrogen and oxygen atoms in total. The normalized spacial score (nSPS) is 24.4. The molecule has 1 heterocycles. The fourth-order valence-corrected chi connectivity index (χ4v) is 2.22. The minimum atomic E-state index is 0.253. The van der Waals surface area contributed by atoms with Crippen LogP contribution in [0, 0.1) is 0 Å². The molecule has 84 valence electrons. The Kier molecular flexibility index (Phi) is 5.83.